The number of aromatic hydroxyl groups is 1. The van der Waals surface area contributed by atoms with Gasteiger partial charge < -0.3 is 10.0 Å². The van der Waals surface area contributed by atoms with Crippen molar-refractivity contribution in [2.75, 3.05) is 18.0 Å². The summed E-state index contributed by atoms with van der Waals surface area (Å²) in [4.78, 5) is 2.19. The molecule has 0 aliphatic heterocycles. The van der Waals surface area contributed by atoms with Crippen LogP contribution in [0, 0.1) is 6.92 Å². The first kappa shape index (κ1) is 16.0. The fraction of sp³-hybridized carbons (Fsp3) is 0.333. The molecule has 0 saturated heterocycles. The Hall–Kier alpha value is -2.36. The SMILES string of the molecule is CCN(CC)c1ccc(CN=Nc2ccc(C)cc2)c(O)c1. The molecule has 0 aliphatic carbocycles. The molecule has 0 fully saturated rings. The molecule has 4 nitrogen and oxygen atoms in total. The standard InChI is InChI=1S/C18H23N3O/c1-4-21(5-2)17-11-8-15(18(22)12-17)13-19-20-16-9-6-14(3)7-10-16/h6-12,22H,4-5,13H2,1-3H3. The van der Waals surface area contributed by atoms with Crippen molar-refractivity contribution in [2.45, 2.75) is 27.3 Å². The van der Waals surface area contributed by atoms with Crippen molar-refractivity contribution in [1.82, 2.24) is 0 Å². The molecular weight excluding hydrogens is 274 g/mol. The molecule has 0 bridgehead atoms. The van der Waals surface area contributed by atoms with Crippen LogP contribution < -0.4 is 4.90 Å². The van der Waals surface area contributed by atoms with Crippen molar-refractivity contribution in [3.63, 3.8) is 0 Å². The Morgan fingerprint density at radius 2 is 1.68 bits per heavy atom. The molecule has 0 spiro atoms. The molecule has 2 aromatic rings. The van der Waals surface area contributed by atoms with Crippen LogP contribution in [0.4, 0.5) is 11.4 Å². The first-order valence-electron chi connectivity index (χ1n) is 7.65. The van der Waals surface area contributed by atoms with Crippen LogP contribution in [0.5, 0.6) is 5.75 Å². The highest BCUT2D eigenvalue weighted by atomic mass is 16.3. The normalized spacial score (nSPS) is 11.0. The van der Waals surface area contributed by atoms with Gasteiger partial charge in [0, 0.05) is 30.4 Å². The number of azo groups is 1. The number of rotatable bonds is 6. The quantitative estimate of drug-likeness (QED) is 0.776. The molecule has 0 aliphatic rings. The third-order valence-corrected chi connectivity index (χ3v) is 3.66. The summed E-state index contributed by atoms with van der Waals surface area (Å²) >= 11 is 0. The minimum absolute atomic E-state index is 0.271. The van der Waals surface area contributed by atoms with Crippen LogP contribution in [0.3, 0.4) is 0 Å². The Balaban J connectivity index is 2.05. The molecule has 0 heterocycles. The molecule has 2 rings (SSSR count). The lowest BCUT2D eigenvalue weighted by Crippen LogP contribution is -2.21. The molecule has 0 atom stereocenters. The minimum atomic E-state index is 0.271. The van der Waals surface area contributed by atoms with Gasteiger partial charge in [0.05, 0.1) is 12.2 Å². The van der Waals surface area contributed by atoms with Gasteiger partial charge in [0.1, 0.15) is 5.75 Å². The van der Waals surface area contributed by atoms with Crippen LogP contribution in [0.2, 0.25) is 0 Å². The summed E-state index contributed by atoms with van der Waals surface area (Å²) in [5, 5.41) is 18.5. The summed E-state index contributed by atoms with van der Waals surface area (Å²) in [7, 11) is 0. The average Bonchev–Trinajstić information content (AvgIpc) is 2.52. The molecular formula is C18H23N3O. The molecule has 0 unspecified atom stereocenters. The van der Waals surface area contributed by atoms with E-state index in [0.29, 0.717) is 6.54 Å². The average molecular weight is 297 g/mol. The van der Waals surface area contributed by atoms with Crippen molar-refractivity contribution in [3.8, 4) is 5.75 Å². The van der Waals surface area contributed by atoms with E-state index in [1.54, 1.807) is 6.07 Å². The van der Waals surface area contributed by atoms with E-state index in [9.17, 15) is 5.11 Å². The van der Waals surface area contributed by atoms with Gasteiger partial charge in [0.25, 0.3) is 0 Å². The summed E-state index contributed by atoms with van der Waals surface area (Å²) < 4.78 is 0. The van der Waals surface area contributed by atoms with Gasteiger partial charge in [-0.15, -0.1) is 0 Å². The summed E-state index contributed by atoms with van der Waals surface area (Å²) in [5.74, 6) is 0.271. The topological polar surface area (TPSA) is 48.2 Å². The fourth-order valence-electron chi connectivity index (χ4n) is 2.28. The van der Waals surface area contributed by atoms with E-state index in [2.05, 4.69) is 29.0 Å². The molecule has 0 saturated carbocycles. The van der Waals surface area contributed by atoms with Crippen molar-refractivity contribution in [1.29, 1.82) is 0 Å². The molecule has 2 aromatic carbocycles. The molecule has 1 N–H and O–H groups in total. The highest BCUT2D eigenvalue weighted by Gasteiger charge is 2.06. The van der Waals surface area contributed by atoms with E-state index in [1.807, 2.05) is 43.3 Å². The van der Waals surface area contributed by atoms with Gasteiger partial charge in [0.2, 0.25) is 0 Å². The lowest BCUT2D eigenvalue weighted by molar-refractivity contribution is 0.468. The zero-order chi connectivity index (χ0) is 15.9. The first-order valence-corrected chi connectivity index (χ1v) is 7.65. The maximum Gasteiger partial charge on any atom is 0.122 e. The van der Waals surface area contributed by atoms with Gasteiger partial charge in [-0.3, -0.25) is 0 Å². The summed E-state index contributed by atoms with van der Waals surface area (Å²) in [6, 6.07) is 13.6. The second-order valence-corrected chi connectivity index (χ2v) is 5.22. The van der Waals surface area contributed by atoms with E-state index in [4.69, 9.17) is 0 Å². The lowest BCUT2D eigenvalue weighted by Gasteiger charge is -2.21. The minimum Gasteiger partial charge on any atom is -0.508 e. The van der Waals surface area contributed by atoms with Gasteiger partial charge >= 0.3 is 0 Å². The van der Waals surface area contributed by atoms with Gasteiger partial charge in [-0.1, -0.05) is 23.8 Å². The van der Waals surface area contributed by atoms with Gasteiger partial charge in [-0.05, 0) is 39.0 Å². The van der Waals surface area contributed by atoms with Crippen LogP contribution in [0.15, 0.2) is 52.7 Å². The number of benzene rings is 2. The Bertz CT molecular complexity index is 631. The predicted molar refractivity (Wildman–Crippen MR) is 91.1 cm³/mol. The molecule has 0 amide bonds. The lowest BCUT2D eigenvalue weighted by atomic mass is 10.1. The molecule has 22 heavy (non-hydrogen) atoms. The van der Waals surface area contributed by atoms with Crippen LogP contribution in [-0.2, 0) is 6.54 Å². The van der Waals surface area contributed by atoms with Crippen LogP contribution in [-0.4, -0.2) is 18.2 Å². The van der Waals surface area contributed by atoms with Gasteiger partial charge in [-0.2, -0.15) is 10.2 Å². The number of phenols is 1. The zero-order valence-corrected chi connectivity index (χ0v) is 13.5. The third-order valence-electron chi connectivity index (χ3n) is 3.66. The molecule has 0 aromatic heterocycles. The number of aryl methyl sites for hydroxylation is 1. The summed E-state index contributed by atoms with van der Waals surface area (Å²) in [6.45, 7) is 8.45. The number of phenolic OH excluding ortho intramolecular Hbond substituents is 1. The Kier molecular flexibility index (Phi) is 5.53. The van der Waals surface area contributed by atoms with E-state index < -0.39 is 0 Å². The maximum atomic E-state index is 10.1. The van der Waals surface area contributed by atoms with E-state index in [0.717, 1.165) is 30.0 Å². The molecule has 4 heteroatoms. The van der Waals surface area contributed by atoms with Crippen molar-refractivity contribution in [3.05, 3.63) is 53.6 Å². The monoisotopic (exact) mass is 297 g/mol. The second kappa shape index (κ2) is 7.59. The number of hydrogen-bond acceptors (Lipinski definition) is 4. The number of anilines is 1. The van der Waals surface area contributed by atoms with E-state index >= 15 is 0 Å². The van der Waals surface area contributed by atoms with Crippen molar-refractivity contribution >= 4 is 11.4 Å². The summed E-state index contributed by atoms with van der Waals surface area (Å²) in [5.41, 5.74) is 3.84. The third kappa shape index (κ3) is 4.07. The van der Waals surface area contributed by atoms with Crippen LogP contribution in [0.25, 0.3) is 0 Å². The fourth-order valence-corrected chi connectivity index (χ4v) is 2.28. The van der Waals surface area contributed by atoms with Crippen molar-refractivity contribution < 1.29 is 5.11 Å². The molecule has 116 valence electrons. The smallest absolute Gasteiger partial charge is 0.122 e. The Morgan fingerprint density at radius 3 is 2.27 bits per heavy atom. The van der Waals surface area contributed by atoms with Crippen LogP contribution >= 0.6 is 0 Å². The second-order valence-electron chi connectivity index (χ2n) is 5.22. The Morgan fingerprint density at radius 1 is 1.00 bits per heavy atom. The van der Waals surface area contributed by atoms with E-state index in [1.165, 1.54) is 5.56 Å². The predicted octanol–water partition coefficient (Wildman–Crippen LogP) is 4.83. The largest absolute Gasteiger partial charge is 0.508 e. The highest BCUT2D eigenvalue weighted by Crippen LogP contribution is 2.25. The maximum absolute atomic E-state index is 10.1. The first-order chi connectivity index (χ1) is 10.6. The Labute approximate surface area is 132 Å². The van der Waals surface area contributed by atoms with E-state index in [-0.39, 0.29) is 5.75 Å². The van der Waals surface area contributed by atoms with Gasteiger partial charge in [-0.25, -0.2) is 0 Å². The number of hydrogen-bond donors (Lipinski definition) is 1. The highest BCUT2D eigenvalue weighted by molar-refractivity contribution is 5.53. The molecule has 0 radical (unpaired) electrons. The summed E-state index contributed by atoms with van der Waals surface area (Å²) in [6.07, 6.45) is 0. The zero-order valence-electron chi connectivity index (χ0n) is 13.5. The van der Waals surface area contributed by atoms with Crippen LogP contribution in [0.1, 0.15) is 25.0 Å². The number of nitrogens with zero attached hydrogens (tertiary/aromatic N) is 3. The van der Waals surface area contributed by atoms with Gasteiger partial charge in [0.15, 0.2) is 0 Å². The van der Waals surface area contributed by atoms with Crippen molar-refractivity contribution in [2.24, 2.45) is 10.2 Å².